The molecule has 10 aromatic rings. The SMILES string of the molecule is C#C/C=C\C(=C/C)c1nc(-c2ccccc2)nc(-c2ccc(-n3c4ccccc4c4ccc5c6cccc7c8ccccc8n(c76)c5c43)cc2)n1. The summed E-state index contributed by atoms with van der Waals surface area (Å²) >= 11 is 0. The van der Waals surface area contributed by atoms with Crippen molar-refractivity contribution in [2.45, 2.75) is 6.92 Å². The number of fused-ring (bicyclic) bond motifs is 10. The van der Waals surface area contributed by atoms with Crippen LogP contribution < -0.4 is 0 Å². The second kappa shape index (κ2) is 11.3. The molecular formula is C46H29N5. The molecule has 10 rings (SSSR count). The number of benzene rings is 6. The van der Waals surface area contributed by atoms with E-state index in [4.69, 9.17) is 21.4 Å². The zero-order chi connectivity index (χ0) is 34.1. The summed E-state index contributed by atoms with van der Waals surface area (Å²) in [5.74, 6) is 4.35. The average Bonchev–Trinajstić information content (AvgIpc) is 3.84. The molecule has 0 N–H and O–H groups in total. The van der Waals surface area contributed by atoms with E-state index in [9.17, 15) is 0 Å². The molecule has 0 aliphatic carbocycles. The molecule has 0 spiro atoms. The van der Waals surface area contributed by atoms with Gasteiger partial charge in [0.2, 0.25) is 0 Å². The molecule has 0 bridgehead atoms. The van der Waals surface area contributed by atoms with Gasteiger partial charge in [-0.2, -0.15) is 0 Å². The van der Waals surface area contributed by atoms with Crippen LogP contribution in [0.15, 0.2) is 152 Å². The highest BCUT2D eigenvalue weighted by Crippen LogP contribution is 2.44. The number of para-hydroxylation sites is 3. The van der Waals surface area contributed by atoms with Gasteiger partial charge in [-0.3, -0.25) is 0 Å². The Kier molecular flexibility index (Phi) is 6.39. The van der Waals surface area contributed by atoms with Gasteiger partial charge in [0.05, 0.1) is 27.6 Å². The minimum atomic E-state index is 0.569. The summed E-state index contributed by atoms with van der Waals surface area (Å²) in [6, 6.07) is 47.3. The van der Waals surface area contributed by atoms with Crippen LogP contribution in [-0.2, 0) is 0 Å². The molecule has 4 heterocycles. The molecule has 0 radical (unpaired) electrons. The first kappa shape index (κ1) is 28.9. The highest BCUT2D eigenvalue weighted by Gasteiger charge is 2.23. The Morgan fingerprint density at radius 1 is 0.549 bits per heavy atom. The molecule has 0 aliphatic rings. The predicted octanol–water partition coefficient (Wildman–Crippen LogP) is 11.0. The summed E-state index contributed by atoms with van der Waals surface area (Å²) in [6.45, 7) is 1.96. The minimum absolute atomic E-state index is 0.569. The highest BCUT2D eigenvalue weighted by atomic mass is 15.0. The van der Waals surface area contributed by atoms with Crippen molar-refractivity contribution in [1.82, 2.24) is 23.9 Å². The Morgan fingerprint density at radius 3 is 1.82 bits per heavy atom. The standard InChI is InChI=1S/C46H29N5/c1-3-5-14-29(4-2)44-47-45(30-15-7-6-8-16-30)49-46(48-44)31-23-25-32(26-24-31)50-39-21-11-9-18-34(39)37-27-28-38-36-20-13-19-35-33-17-10-12-22-40(33)51(41(35)36)43(38)42(37)50/h1,4-28H,2H3/b14-5-,29-4+. The maximum atomic E-state index is 5.54. The molecule has 0 atom stereocenters. The van der Waals surface area contributed by atoms with Crippen molar-refractivity contribution in [3.8, 4) is 40.8 Å². The van der Waals surface area contributed by atoms with E-state index in [2.05, 4.69) is 118 Å². The zero-order valence-corrected chi connectivity index (χ0v) is 27.7. The largest absolute Gasteiger partial charge is 0.307 e. The molecule has 5 heteroatoms. The third-order valence-electron chi connectivity index (χ3n) is 10.00. The minimum Gasteiger partial charge on any atom is -0.307 e. The van der Waals surface area contributed by atoms with Crippen molar-refractivity contribution < 1.29 is 0 Å². The topological polar surface area (TPSA) is 48.0 Å². The second-order valence-electron chi connectivity index (χ2n) is 12.7. The monoisotopic (exact) mass is 651 g/mol. The normalized spacial score (nSPS) is 12.4. The summed E-state index contributed by atoms with van der Waals surface area (Å²) < 4.78 is 4.89. The van der Waals surface area contributed by atoms with Crippen molar-refractivity contribution in [1.29, 1.82) is 0 Å². The fraction of sp³-hybridized carbons (Fsp3) is 0.0217. The Hall–Kier alpha value is -7.03. The highest BCUT2D eigenvalue weighted by molar-refractivity contribution is 6.29. The lowest BCUT2D eigenvalue weighted by Gasteiger charge is -2.12. The Labute approximate surface area is 293 Å². The van der Waals surface area contributed by atoms with E-state index >= 15 is 0 Å². The lowest BCUT2D eigenvalue weighted by molar-refractivity contribution is 1.04. The first-order chi connectivity index (χ1) is 25.2. The van der Waals surface area contributed by atoms with Gasteiger partial charge in [-0.1, -0.05) is 109 Å². The van der Waals surface area contributed by atoms with E-state index in [1.54, 1.807) is 6.08 Å². The van der Waals surface area contributed by atoms with Gasteiger partial charge in [0.1, 0.15) is 0 Å². The van der Waals surface area contributed by atoms with Crippen LogP contribution in [-0.4, -0.2) is 23.9 Å². The Balaban J connectivity index is 1.22. The van der Waals surface area contributed by atoms with Gasteiger partial charge in [-0.15, -0.1) is 6.42 Å². The molecule has 5 nitrogen and oxygen atoms in total. The molecule has 238 valence electrons. The number of terminal acetylenes is 1. The van der Waals surface area contributed by atoms with E-state index < -0.39 is 0 Å². The molecule has 0 amide bonds. The number of nitrogens with zero attached hydrogens (tertiary/aromatic N) is 5. The summed E-state index contributed by atoms with van der Waals surface area (Å²) in [7, 11) is 0. The Bertz CT molecular complexity index is 3080. The lowest BCUT2D eigenvalue weighted by atomic mass is 10.1. The van der Waals surface area contributed by atoms with Crippen LogP contribution in [0.4, 0.5) is 0 Å². The molecule has 0 saturated carbocycles. The summed E-state index contributed by atoms with van der Waals surface area (Å²) in [5, 5.41) is 7.51. The van der Waals surface area contributed by atoms with Crippen LogP contribution in [0.1, 0.15) is 12.7 Å². The number of rotatable bonds is 5. The predicted molar refractivity (Wildman–Crippen MR) is 211 cm³/mol. The summed E-state index contributed by atoms with van der Waals surface area (Å²) in [4.78, 5) is 14.7. The third kappa shape index (κ3) is 4.27. The average molecular weight is 652 g/mol. The third-order valence-corrected chi connectivity index (χ3v) is 10.00. The number of hydrogen-bond donors (Lipinski definition) is 0. The van der Waals surface area contributed by atoms with Crippen LogP contribution in [0, 0.1) is 12.3 Å². The number of hydrogen-bond acceptors (Lipinski definition) is 3. The maximum Gasteiger partial charge on any atom is 0.164 e. The molecule has 6 aromatic carbocycles. The van der Waals surface area contributed by atoms with E-state index in [-0.39, 0.29) is 0 Å². The van der Waals surface area contributed by atoms with E-state index in [0.717, 1.165) is 27.9 Å². The molecule has 4 aromatic heterocycles. The van der Waals surface area contributed by atoms with Gasteiger partial charge in [0.25, 0.3) is 0 Å². The van der Waals surface area contributed by atoms with Gasteiger partial charge < -0.3 is 8.97 Å². The van der Waals surface area contributed by atoms with Crippen LogP contribution in [0.5, 0.6) is 0 Å². The quantitative estimate of drug-likeness (QED) is 0.137. The maximum absolute atomic E-state index is 5.54. The van der Waals surface area contributed by atoms with Crippen molar-refractivity contribution in [3.63, 3.8) is 0 Å². The summed E-state index contributed by atoms with van der Waals surface area (Å²) in [5.41, 5.74) is 9.75. The lowest BCUT2D eigenvalue weighted by Crippen LogP contribution is -2.02. The van der Waals surface area contributed by atoms with Crippen molar-refractivity contribution in [3.05, 3.63) is 158 Å². The number of aromatic nitrogens is 5. The van der Waals surface area contributed by atoms with Crippen LogP contribution in [0.25, 0.3) is 93.9 Å². The summed E-state index contributed by atoms with van der Waals surface area (Å²) in [6.07, 6.45) is 11.0. The Morgan fingerprint density at radius 2 is 1.12 bits per heavy atom. The fourth-order valence-corrected chi connectivity index (χ4v) is 7.77. The molecule has 0 fully saturated rings. The van der Waals surface area contributed by atoms with Gasteiger partial charge in [0, 0.05) is 54.7 Å². The fourth-order valence-electron chi connectivity index (χ4n) is 7.77. The molecule has 51 heavy (non-hydrogen) atoms. The van der Waals surface area contributed by atoms with Gasteiger partial charge in [-0.05, 0) is 55.5 Å². The van der Waals surface area contributed by atoms with Crippen molar-refractivity contribution >= 4 is 65.5 Å². The van der Waals surface area contributed by atoms with Gasteiger partial charge in [-0.25, -0.2) is 15.0 Å². The van der Waals surface area contributed by atoms with Gasteiger partial charge in [0.15, 0.2) is 17.5 Å². The van der Waals surface area contributed by atoms with Crippen LogP contribution >= 0.6 is 0 Å². The van der Waals surface area contributed by atoms with Crippen LogP contribution in [0.3, 0.4) is 0 Å². The van der Waals surface area contributed by atoms with E-state index in [0.29, 0.717) is 17.5 Å². The number of allylic oxidation sites excluding steroid dienone is 4. The van der Waals surface area contributed by atoms with Crippen molar-refractivity contribution in [2.75, 3.05) is 0 Å². The second-order valence-corrected chi connectivity index (χ2v) is 12.7. The first-order valence-electron chi connectivity index (χ1n) is 17.0. The van der Waals surface area contributed by atoms with E-state index in [1.807, 2.05) is 49.4 Å². The van der Waals surface area contributed by atoms with Gasteiger partial charge >= 0.3 is 0 Å². The molecule has 0 aliphatic heterocycles. The van der Waals surface area contributed by atoms with E-state index in [1.165, 1.54) is 54.4 Å². The smallest absolute Gasteiger partial charge is 0.164 e. The zero-order valence-electron chi connectivity index (χ0n) is 27.7. The van der Waals surface area contributed by atoms with Crippen LogP contribution in [0.2, 0.25) is 0 Å². The molecule has 0 saturated heterocycles. The first-order valence-corrected chi connectivity index (χ1v) is 17.0. The van der Waals surface area contributed by atoms with Crippen molar-refractivity contribution in [2.24, 2.45) is 0 Å². The molecule has 0 unspecified atom stereocenters. The molecular weight excluding hydrogens is 623 g/mol.